The number of nitrogens with one attached hydrogen (secondary N) is 1. The number of carbonyl (C=O) groups is 1. The second-order valence-electron chi connectivity index (χ2n) is 7.63. The van der Waals surface area contributed by atoms with Crippen LogP contribution in [0.3, 0.4) is 0 Å². The Balaban J connectivity index is 1.53. The Labute approximate surface area is 192 Å². The predicted octanol–water partition coefficient (Wildman–Crippen LogP) is 5.06. The molecule has 1 amide bonds. The molecule has 6 nitrogen and oxygen atoms in total. The molecule has 0 spiro atoms. The molecule has 8 heteroatoms. The molecule has 33 heavy (non-hydrogen) atoms. The predicted molar refractivity (Wildman–Crippen MR) is 128 cm³/mol. The lowest BCUT2D eigenvalue weighted by atomic mass is 10.1. The number of hydrogen-bond acceptors (Lipinski definition) is 4. The van der Waals surface area contributed by atoms with Gasteiger partial charge in [-0.3, -0.25) is 15.0 Å². The van der Waals surface area contributed by atoms with Crippen molar-refractivity contribution in [2.24, 2.45) is 0 Å². The van der Waals surface area contributed by atoms with Gasteiger partial charge in [-0.2, -0.15) is 0 Å². The molecule has 0 aliphatic carbocycles. The summed E-state index contributed by atoms with van der Waals surface area (Å²) in [6.45, 7) is 3.54. The van der Waals surface area contributed by atoms with Gasteiger partial charge in [-0.05, 0) is 37.6 Å². The number of hydrogen-bond donors (Lipinski definition) is 1. The molecule has 2 aromatic carbocycles. The van der Waals surface area contributed by atoms with Gasteiger partial charge in [0.15, 0.2) is 0 Å². The number of fused-ring (bicyclic) bond motifs is 1. The monoisotopic (exact) mass is 458 g/mol. The molecule has 0 unspecified atom stereocenters. The van der Waals surface area contributed by atoms with Gasteiger partial charge in [-0.15, -0.1) is 11.3 Å². The lowest BCUT2D eigenvalue weighted by Gasteiger charge is -2.11. The molecule has 0 atom stereocenters. The zero-order chi connectivity index (χ0) is 23.1. The molecule has 3 heterocycles. The van der Waals surface area contributed by atoms with Gasteiger partial charge in [0.05, 0.1) is 16.6 Å². The van der Waals surface area contributed by atoms with E-state index in [2.05, 4.69) is 10.4 Å². The molecule has 0 radical (unpaired) electrons. The van der Waals surface area contributed by atoms with Gasteiger partial charge in [-0.1, -0.05) is 42.5 Å². The van der Waals surface area contributed by atoms with Crippen LogP contribution in [0.2, 0.25) is 0 Å². The van der Waals surface area contributed by atoms with Crippen LogP contribution in [0.1, 0.15) is 21.7 Å². The van der Waals surface area contributed by atoms with Crippen molar-refractivity contribution < 1.29 is 9.18 Å². The average molecular weight is 459 g/mol. The van der Waals surface area contributed by atoms with E-state index in [1.807, 2.05) is 35.7 Å². The van der Waals surface area contributed by atoms with Crippen LogP contribution in [0.25, 0.3) is 27.0 Å². The van der Waals surface area contributed by atoms with Gasteiger partial charge in [-0.25, -0.2) is 14.1 Å². The van der Waals surface area contributed by atoms with Crippen molar-refractivity contribution >= 4 is 27.5 Å². The lowest BCUT2D eigenvalue weighted by Crippen LogP contribution is -2.33. The van der Waals surface area contributed by atoms with E-state index in [9.17, 15) is 14.0 Å². The molecule has 1 N–H and O–H groups in total. The summed E-state index contributed by atoms with van der Waals surface area (Å²) in [4.78, 5) is 31.3. The fourth-order valence-electron chi connectivity index (χ4n) is 4.01. The summed E-state index contributed by atoms with van der Waals surface area (Å²) in [7, 11) is 0. The number of para-hydroxylation sites is 1. The van der Waals surface area contributed by atoms with Crippen molar-refractivity contribution in [2.75, 3.05) is 5.43 Å². The van der Waals surface area contributed by atoms with Gasteiger partial charge >= 0.3 is 0 Å². The molecule has 0 bridgehead atoms. The maximum absolute atomic E-state index is 14.4. The summed E-state index contributed by atoms with van der Waals surface area (Å²) in [5.74, 6) is -0.867. The molecule has 0 aliphatic rings. The van der Waals surface area contributed by atoms with Crippen LogP contribution in [0.4, 0.5) is 4.39 Å². The molecule has 0 aliphatic heterocycles. The third-order valence-electron chi connectivity index (χ3n) is 5.57. The number of halogens is 1. The third kappa shape index (κ3) is 3.54. The van der Waals surface area contributed by atoms with Gasteiger partial charge in [0.25, 0.3) is 11.5 Å². The standard InChI is InChI=1S/C25H19FN4O2S/c1-15-12-18(16(2)30(15)21-11-7-6-10-20(21)26)23(31)28-29-14-27-24-22(25(29)32)19(13-33-24)17-8-4-3-5-9-17/h3-14H,1-2H3,(H,28,31). The van der Waals surface area contributed by atoms with Crippen LogP contribution in [0, 0.1) is 19.7 Å². The Hall–Kier alpha value is -4.04. The van der Waals surface area contributed by atoms with Crippen molar-refractivity contribution in [1.82, 2.24) is 14.2 Å². The largest absolute Gasteiger partial charge is 0.315 e. The highest BCUT2D eigenvalue weighted by molar-refractivity contribution is 7.17. The Kier molecular flexibility index (Phi) is 5.14. The Morgan fingerprint density at radius 2 is 1.79 bits per heavy atom. The van der Waals surface area contributed by atoms with E-state index in [0.29, 0.717) is 32.9 Å². The minimum atomic E-state index is -0.481. The van der Waals surface area contributed by atoms with Crippen LogP contribution >= 0.6 is 11.3 Å². The lowest BCUT2D eigenvalue weighted by molar-refractivity contribution is 0.101. The fraction of sp³-hybridized carbons (Fsp3) is 0.0800. The zero-order valence-electron chi connectivity index (χ0n) is 17.9. The van der Waals surface area contributed by atoms with Crippen molar-refractivity contribution in [3.05, 3.63) is 105 Å². The van der Waals surface area contributed by atoms with Crippen LogP contribution in [0.15, 0.2) is 77.2 Å². The molecule has 5 aromatic rings. The van der Waals surface area contributed by atoms with Crippen molar-refractivity contribution in [3.8, 4) is 16.8 Å². The van der Waals surface area contributed by atoms with Crippen LogP contribution in [-0.4, -0.2) is 20.1 Å². The Morgan fingerprint density at radius 3 is 2.55 bits per heavy atom. The number of thiophene rings is 1. The maximum Gasteiger partial charge on any atom is 0.281 e. The first-order valence-electron chi connectivity index (χ1n) is 10.2. The number of amides is 1. The average Bonchev–Trinajstić information content (AvgIpc) is 3.38. The van der Waals surface area contributed by atoms with E-state index in [1.165, 1.54) is 23.7 Å². The van der Waals surface area contributed by atoms with E-state index < -0.39 is 5.91 Å². The highest BCUT2D eigenvalue weighted by atomic mass is 32.1. The number of carbonyl (C=O) groups excluding carboxylic acids is 1. The van der Waals surface area contributed by atoms with Crippen LogP contribution < -0.4 is 11.0 Å². The number of rotatable bonds is 4. The number of benzene rings is 2. The SMILES string of the molecule is Cc1cc(C(=O)Nn2cnc3scc(-c4ccccc4)c3c2=O)c(C)n1-c1ccccc1F. The van der Waals surface area contributed by atoms with E-state index in [1.54, 1.807) is 42.7 Å². The third-order valence-corrected chi connectivity index (χ3v) is 6.46. The second kappa shape index (κ2) is 8.14. The molecular formula is C25H19FN4O2S. The molecule has 0 saturated carbocycles. The Morgan fingerprint density at radius 1 is 1.06 bits per heavy atom. The molecular weight excluding hydrogens is 439 g/mol. The summed E-state index contributed by atoms with van der Waals surface area (Å²) in [5, 5.41) is 2.34. The zero-order valence-corrected chi connectivity index (χ0v) is 18.7. The minimum absolute atomic E-state index is 0.344. The quantitative estimate of drug-likeness (QED) is 0.410. The van der Waals surface area contributed by atoms with Crippen molar-refractivity contribution in [2.45, 2.75) is 13.8 Å². The summed E-state index contributed by atoms with van der Waals surface area (Å²) in [6, 6.07) is 17.6. The summed E-state index contributed by atoms with van der Waals surface area (Å²) in [5.41, 5.74) is 5.92. The Bertz CT molecular complexity index is 1570. The number of nitrogens with zero attached hydrogens (tertiary/aromatic N) is 3. The summed E-state index contributed by atoms with van der Waals surface area (Å²) < 4.78 is 17.1. The molecule has 0 saturated heterocycles. The number of aryl methyl sites for hydroxylation is 1. The fourth-order valence-corrected chi connectivity index (χ4v) is 4.91. The van der Waals surface area contributed by atoms with Gasteiger partial charge in [0.1, 0.15) is 17.0 Å². The molecule has 3 aromatic heterocycles. The first-order valence-corrected chi connectivity index (χ1v) is 11.1. The topological polar surface area (TPSA) is 68.9 Å². The second-order valence-corrected chi connectivity index (χ2v) is 8.49. The van der Waals surface area contributed by atoms with Gasteiger partial charge in [0, 0.05) is 22.3 Å². The maximum atomic E-state index is 14.4. The first kappa shape index (κ1) is 20.8. The van der Waals surface area contributed by atoms with Crippen LogP contribution in [-0.2, 0) is 0 Å². The molecule has 0 fully saturated rings. The van der Waals surface area contributed by atoms with Crippen molar-refractivity contribution in [3.63, 3.8) is 0 Å². The van der Waals surface area contributed by atoms with E-state index in [-0.39, 0.29) is 11.4 Å². The van der Waals surface area contributed by atoms with Crippen LogP contribution in [0.5, 0.6) is 0 Å². The van der Waals surface area contributed by atoms with E-state index in [0.717, 1.165) is 15.8 Å². The number of aromatic nitrogens is 3. The van der Waals surface area contributed by atoms with Crippen molar-refractivity contribution in [1.29, 1.82) is 0 Å². The van der Waals surface area contributed by atoms with E-state index in [4.69, 9.17) is 0 Å². The van der Waals surface area contributed by atoms with Gasteiger partial charge in [0.2, 0.25) is 0 Å². The minimum Gasteiger partial charge on any atom is -0.315 e. The molecule has 5 rings (SSSR count). The summed E-state index contributed by atoms with van der Waals surface area (Å²) in [6.07, 6.45) is 1.31. The highest BCUT2D eigenvalue weighted by Gasteiger charge is 2.20. The summed E-state index contributed by atoms with van der Waals surface area (Å²) >= 11 is 1.38. The molecule has 164 valence electrons. The van der Waals surface area contributed by atoms with Gasteiger partial charge < -0.3 is 4.57 Å². The smallest absolute Gasteiger partial charge is 0.281 e. The normalized spacial score (nSPS) is 11.1. The first-order chi connectivity index (χ1) is 16.0. The highest BCUT2D eigenvalue weighted by Crippen LogP contribution is 2.30. The van der Waals surface area contributed by atoms with E-state index >= 15 is 0 Å².